The number of ether oxygens (including phenoxy) is 3. The van der Waals surface area contributed by atoms with E-state index < -0.39 is 5.60 Å². The zero-order chi connectivity index (χ0) is 17.3. The highest BCUT2D eigenvalue weighted by atomic mass is 16.5. The van der Waals surface area contributed by atoms with Crippen LogP contribution in [0.1, 0.15) is 39.2 Å². The number of amides is 1. The second kappa shape index (κ2) is 9.47. The van der Waals surface area contributed by atoms with Gasteiger partial charge in [0.25, 0.3) is 5.91 Å². The molecular formula is C17H28N2O4. The molecule has 1 heterocycles. The number of methoxy groups -OCH3 is 1. The molecule has 1 aromatic heterocycles. The summed E-state index contributed by atoms with van der Waals surface area (Å²) in [5.41, 5.74) is 0.646. The Bertz CT molecular complexity index is 507. The van der Waals surface area contributed by atoms with Crippen molar-refractivity contribution >= 4 is 11.6 Å². The summed E-state index contributed by atoms with van der Waals surface area (Å²) >= 11 is 0. The molecule has 0 saturated carbocycles. The highest BCUT2D eigenvalue weighted by molar-refractivity contribution is 5.97. The van der Waals surface area contributed by atoms with Crippen molar-refractivity contribution in [2.75, 3.05) is 32.2 Å². The molecule has 0 fully saturated rings. The van der Waals surface area contributed by atoms with Crippen LogP contribution in [0.3, 0.4) is 0 Å². The number of carbonyl (C=O) groups excluding carboxylic acids is 1. The molecule has 1 N–H and O–H groups in total. The monoisotopic (exact) mass is 324 g/mol. The number of hydrogen-bond acceptors (Lipinski definition) is 5. The molecule has 6 heteroatoms. The Kier molecular flexibility index (Phi) is 7.98. The van der Waals surface area contributed by atoms with Crippen LogP contribution in [-0.2, 0) is 14.3 Å². The molecule has 0 aliphatic rings. The van der Waals surface area contributed by atoms with Gasteiger partial charge in [-0.05, 0) is 33.3 Å². The van der Waals surface area contributed by atoms with Crippen molar-refractivity contribution in [2.45, 2.75) is 46.1 Å². The van der Waals surface area contributed by atoms with Gasteiger partial charge in [-0.25, -0.2) is 4.98 Å². The SMILES string of the molecule is CCC[C@](C)(OC)C(=O)Nc1cnc(OCCOCC)c(C)c1. The van der Waals surface area contributed by atoms with E-state index in [4.69, 9.17) is 14.2 Å². The van der Waals surface area contributed by atoms with Crippen molar-refractivity contribution in [3.63, 3.8) is 0 Å². The molecule has 0 aromatic carbocycles. The fourth-order valence-corrected chi connectivity index (χ4v) is 2.17. The molecule has 0 aliphatic carbocycles. The lowest BCUT2D eigenvalue weighted by Gasteiger charge is -2.26. The Morgan fingerprint density at radius 2 is 2.09 bits per heavy atom. The first-order chi connectivity index (χ1) is 11.0. The van der Waals surface area contributed by atoms with Gasteiger partial charge in [0.15, 0.2) is 0 Å². The van der Waals surface area contributed by atoms with Gasteiger partial charge in [-0.1, -0.05) is 13.3 Å². The number of nitrogens with one attached hydrogen (secondary N) is 1. The Hall–Kier alpha value is -1.66. The number of pyridine rings is 1. The van der Waals surface area contributed by atoms with Crippen LogP contribution in [0.2, 0.25) is 0 Å². The van der Waals surface area contributed by atoms with Gasteiger partial charge in [-0.2, -0.15) is 0 Å². The maximum atomic E-state index is 12.4. The molecule has 0 bridgehead atoms. The molecule has 130 valence electrons. The van der Waals surface area contributed by atoms with Crippen molar-refractivity contribution in [2.24, 2.45) is 0 Å². The van der Waals surface area contributed by atoms with Crippen molar-refractivity contribution in [1.82, 2.24) is 4.98 Å². The third kappa shape index (κ3) is 5.80. The zero-order valence-corrected chi connectivity index (χ0v) is 14.8. The summed E-state index contributed by atoms with van der Waals surface area (Å²) in [7, 11) is 1.55. The molecule has 1 amide bonds. The van der Waals surface area contributed by atoms with Gasteiger partial charge < -0.3 is 19.5 Å². The topological polar surface area (TPSA) is 69.7 Å². The molecule has 0 radical (unpaired) electrons. The second-order valence-corrected chi connectivity index (χ2v) is 5.53. The summed E-state index contributed by atoms with van der Waals surface area (Å²) < 4.78 is 16.1. The average Bonchev–Trinajstić information content (AvgIpc) is 2.53. The summed E-state index contributed by atoms with van der Waals surface area (Å²) in [6.45, 7) is 9.28. The number of aryl methyl sites for hydroxylation is 1. The van der Waals surface area contributed by atoms with Gasteiger partial charge in [0.1, 0.15) is 12.2 Å². The Balaban J connectivity index is 2.68. The quantitative estimate of drug-likeness (QED) is 0.670. The van der Waals surface area contributed by atoms with E-state index in [1.54, 1.807) is 20.2 Å². The van der Waals surface area contributed by atoms with Crippen LogP contribution in [0, 0.1) is 6.92 Å². The van der Waals surface area contributed by atoms with Gasteiger partial charge in [0.05, 0.1) is 18.5 Å². The van der Waals surface area contributed by atoms with E-state index in [2.05, 4.69) is 10.3 Å². The highest BCUT2D eigenvalue weighted by Gasteiger charge is 2.32. The summed E-state index contributed by atoms with van der Waals surface area (Å²) in [4.78, 5) is 16.6. The van der Waals surface area contributed by atoms with Crippen molar-refractivity contribution in [3.8, 4) is 5.88 Å². The van der Waals surface area contributed by atoms with Gasteiger partial charge >= 0.3 is 0 Å². The maximum Gasteiger partial charge on any atom is 0.256 e. The van der Waals surface area contributed by atoms with Gasteiger partial charge in [0, 0.05) is 19.3 Å². The van der Waals surface area contributed by atoms with Crippen LogP contribution < -0.4 is 10.1 Å². The summed E-state index contributed by atoms with van der Waals surface area (Å²) in [5.74, 6) is 0.374. The number of nitrogens with zero attached hydrogens (tertiary/aromatic N) is 1. The minimum atomic E-state index is -0.838. The molecule has 0 spiro atoms. The number of hydrogen-bond donors (Lipinski definition) is 1. The summed E-state index contributed by atoms with van der Waals surface area (Å²) in [6.07, 6.45) is 3.10. The van der Waals surface area contributed by atoms with Crippen LogP contribution in [-0.4, -0.2) is 43.4 Å². The van der Waals surface area contributed by atoms with Crippen molar-refractivity contribution in [3.05, 3.63) is 17.8 Å². The van der Waals surface area contributed by atoms with Crippen LogP contribution in [0.15, 0.2) is 12.3 Å². The summed E-state index contributed by atoms with van der Waals surface area (Å²) in [5, 5.41) is 2.86. The van der Waals surface area contributed by atoms with E-state index in [1.165, 1.54) is 0 Å². The van der Waals surface area contributed by atoms with E-state index in [9.17, 15) is 4.79 Å². The first-order valence-corrected chi connectivity index (χ1v) is 8.00. The molecule has 23 heavy (non-hydrogen) atoms. The fraction of sp³-hybridized carbons (Fsp3) is 0.647. The van der Waals surface area contributed by atoms with E-state index in [0.29, 0.717) is 37.8 Å². The largest absolute Gasteiger partial charge is 0.475 e. The third-order valence-corrected chi connectivity index (χ3v) is 3.62. The molecule has 1 aromatic rings. The van der Waals surface area contributed by atoms with Crippen LogP contribution in [0.5, 0.6) is 5.88 Å². The number of anilines is 1. The molecular weight excluding hydrogens is 296 g/mol. The zero-order valence-electron chi connectivity index (χ0n) is 14.8. The fourth-order valence-electron chi connectivity index (χ4n) is 2.17. The molecule has 0 saturated heterocycles. The van der Waals surface area contributed by atoms with Gasteiger partial charge in [-0.3, -0.25) is 4.79 Å². The number of rotatable bonds is 10. The average molecular weight is 324 g/mol. The maximum absolute atomic E-state index is 12.4. The molecule has 0 aliphatic heterocycles. The Labute approximate surface area is 138 Å². The Morgan fingerprint density at radius 3 is 2.65 bits per heavy atom. The molecule has 1 atom stereocenters. The lowest BCUT2D eigenvalue weighted by atomic mass is 9.99. The predicted octanol–water partition coefficient (Wildman–Crippen LogP) is 2.95. The minimum absolute atomic E-state index is 0.173. The first kappa shape index (κ1) is 19.4. The second-order valence-electron chi connectivity index (χ2n) is 5.53. The summed E-state index contributed by atoms with van der Waals surface area (Å²) in [6, 6.07) is 1.84. The van der Waals surface area contributed by atoms with Crippen molar-refractivity contribution < 1.29 is 19.0 Å². The Morgan fingerprint density at radius 1 is 1.35 bits per heavy atom. The lowest BCUT2D eigenvalue weighted by Crippen LogP contribution is -2.41. The highest BCUT2D eigenvalue weighted by Crippen LogP contribution is 2.22. The molecule has 0 unspecified atom stereocenters. The number of carbonyl (C=O) groups is 1. The number of aromatic nitrogens is 1. The predicted molar refractivity (Wildman–Crippen MR) is 89.9 cm³/mol. The van der Waals surface area contributed by atoms with Gasteiger partial charge in [-0.15, -0.1) is 0 Å². The van der Waals surface area contributed by atoms with Crippen LogP contribution in [0.25, 0.3) is 0 Å². The van der Waals surface area contributed by atoms with Gasteiger partial charge in [0.2, 0.25) is 5.88 Å². The molecule has 1 rings (SSSR count). The van der Waals surface area contributed by atoms with Crippen LogP contribution in [0.4, 0.5) is 5.69 Å². The standard InChI is InChI=1S/C17H28N2O4/c1-6-8-17(4,21-5)16(20)19-14-11-13(3)15(18-12-14)23-10-9-22-7-2/h11-12H,6-10H2,1-5H3,(H,19,20)/t17-/m0/s1. The van der Waals surface area contributed by atoms with E-state index in [0.717, 1.165) is 12.0 Å². The lowest BCUT2D eigenvalue weighted by molar-refractivity contribution is -0.136. The third-order valence-electron chi connectivity index (χ3n) is 3.62. The molecule has 6 nitrogen and oxygen atoms in total. The normalized spacial score (nSPS) is 13.4. The first-order valence-electron chi connectivity index (χ1n) is 8.00. The minimum Gasteiger partial charge on any atom is -0.475 e. The van der Waals surface area contributed by atoms with E-state index >= 15 is 0 Å². The van der Waals surface area contributed by atoms with Crippen molar-refractivity contribution in [1.29, 1.82) is 0 Å². The van der Waals surface area contributed by atoms with E-state index in [-0.39, 0.29) is 5.91 Å². The van der Waals surface area contributed by atoms with E-state index in [1.807, 2.05) is 26.8 Å². The van der Waals surface area contributed by atoms with Crippen LogP contribution >= 0.6 is 0 Å². The smallest absolute Gasteiger partial charge is 0.256 e.